The molecule has 2 aromatic heterocycles. The Bertz CT molecular complexity index is 798. The van der Waals surface area contributed by atoms with Gasteiger partial charge in [-0.1, -0.05) is 12.2 Å². The van der Waals surface area contributed by atoms with Crippen LogP contribution in [-0.2, 0) is 4.74 Å². The van der Waals surface area contributed by atoms with E-state index in [4.69, 9.17) is 22.1 Å². The van der Waals surface area contributed by atoms with Crippen molar-refractivity contribution in [1.82, 2.24) is 24.4 Å². The average Bonchev–Trinajstić information content (AvgIpc) is 3.11. The molecule has 0 radical (unpaired) electrons. The molecule has 9 nitrogen and oxygen atoms in total. The third-order valence-electron chi connectivity index (χ3n) is 4.39. The first-order valence-corrected chi connectivity index (χ1v) is 8.72. The smallest absolute Gasteiger partial charge is 0.224 e. The Hall–Kier alpha value is -1.62. The first kappa shape index (κ1) is 19.2. The van der Waals surface area contributed by atoms with Gasteiger partial charge < -0.3 is 25.6 Å². The Kier molecular flexibility index (Phi) is 5.86. The van der Waals surface area contributed by atoms with Crippen LogP contribution in [-0.4, -0.2) is 79.6 Å². The highest BCUT2D eigenvalue weighted by atomic mass is 35.5. The molecule has 0 bridgehead atoms. The van der Waals surface area contributed by atoms with Gasteiger partial charge in [0.2, 0.25) is 5.28 Å². The van der Waals surface area contributed by atoms with Crippen LogP contribution in [0, 0.1) is 6.92 Å². The fourth-order valence-corrected chi connectivity index (χ4v) is 3.26. The number of aliphatic hydroxyl groups is 2. The van der Waals surface area contributed by atoms with Crippen LogP contribution in [0.4, 0.5) is 0 Å². The molecule has 1 aliphatic rings. The highest BCUT2D eigenvalue weighted by molar-refractivity contribution is 6.28. The van der Waals surface area contributed by atoms with Gasteiger partial charge in [0, 0.05) is 19.6 Å². The second kappa shape index (κ2) is 7.95. The summed E-state index contributed by atoms with van der Waals surface area (Å²) >= 11 is 5.94. The highest BCUT2D eigenvalue weighted by Crippen LogP contribution is 2.32. The number of aryl methyl sites for hydroxylation is 1. The maximum atomic E-state index is 10.5. The summed E-state index contributed by atoms with van der Waals surface area (Å²) in [6.45, 7) is 3.38. The van der Waals surface area contributed by atoms with Crippen LogP contribution >= 0.6 is 11.6 Å². The van der Waals surface area contributed by atoms with Gasteiger partial charge in [0.05, 0.1) is 12.0 Å². The summed E-state index contributed by atoms with van der Waals surface area (Å²) in [5, 5.41) is 21.0. The maximum absolute atomic E-state index is 10.5. The lowest BCUT2D eigenvalue weighted by Gasteiger charge is -2.21. The first-order chi connectivity index (χ1) is 12.4. The average molecular weight is 383 g/mol. The number of hydrogen-bond acceptors (Lipinski definition) is 8. The van der Waals surface area contributed by atoms with Gasteiger partial charge in [-0.05, 0) is 25.6 Å². The summed E-state index contributed by atoms with van der Waals surface area (Å²) < 4.78 is 7.51. The molecular formula is C16H23ClN6O3. The number of fused-ring (bicyclic) bond motifs is 1. The molecule has 0 spiro atoms. The minimum atomic E-state index is -1.11. The van der Waals surface area contributed by atoms with Gasteiger partial charge in [-0.15, -0.1) is 0 Å². The van der Waals surface area contributed by atoms with Crippen molar-refractivity contribution in [1.29, 1.82) is 0 Å². The molecule has 1 saturated heterocycles. The van der Waals surface area contributed by atoms with Gasteiger partial charge in [-0.3, -0.25) is 4.57 Å². The van der Waals surface area contributed by atoms with Crippen LogP contribution in [0.15, 0.2) is 18.5 Å². The quantitative estimate of drug-likeness (QED) is 0.466. The molecule has 3 heterocycles. The summed E-state index contributed by atoms with van der Waals surface area (Å²) in [5.41, 5.74) is 7.09. The maximum Gasteiger partial charge on any atom is 0.224 e. The monoisotopic (exact) mass is 382 g/mol. The number of rotatable bonds is 6. The van der Waals surface area contributed by atoms with E-state index >= 15 is 0 Å². The van der Waals surface area contributed by atoms with E-state index in [1.807, 2.05) is 24.1 Å². The van der Waals surface area contributed by atoms with Gasteiger partial charge in [0.1, 0.15) is 23.8 Å². The summed E-state index contributed by atoms with van der Waals surface area (Å²) in [6.07, 6.45) is 1.82. The molecule has 26 heavy (non-hydrogen) atoms. The van der Waals surface area contributed by atoms with E-state index in [2.05, 4.69) is 15.0 Å². The van der Waals surface area contributed by atoms with Gasteiger partial charge in [0.15, 0.2) is 11.9 Å². The molecule has 0 amide bonds. The van der Waals surface area contributed by atoms with Crippen LogP contribution in [0.25, 0.3) is 11.2 Å². The van der Waals surface area contributed by atoms with Gasteiger partial charge in [0.25, 0.3) is 0 Å². The lowest BCUT2D eigenvalue weighted by molar-refractivity contribution is -0.0414. The van der Waals surface area contributed by atoms with Crippen LogP contribution in [0.1, 0.15) is 11.9 Å². The van der Waals surface area contributed by atoms with Crippen molar-refractivity contribution >= 4 is 22.8 Å². The van der Waals surface area contributed by atoms with E-state index in [-0.39, 0.29) is 5.28 Å². The standard InChI is InChI=1S/C16H23ClN6O3/c1-9-11-14(21-16(17)20-9)23(8-19-11)15-13(25)12(24)10(26-15)7-22(2)6-4-3-5-18/h3-4,8,10,12-13,15,24-25H,5-7,18H2,1-2H3/b4-3+/t10-,12-,13-,15-/m1/s1. The van der Waals surface area contributed by atoms with Gasteiger partial charge >= 0.3 is 0 Å². The van der Waals surface area contributed by atoms with Crippen molar-refractivity contribution in [2.45, 2.75) is 31.5 Å². The summed E-state index contributed by atoms with van der Waals surface area (Å²) in [5.74, 6) is 0. The SMILES string of the molecule is Cc1nc(Cl)nc2c1ncn2[C@@H]1O[C@H](CN(C)C/C=C/CN)[C@@H](O)[C@H]1O. The molecule has 10 heteroatoms. The lowest BCUT2D eigenvalue weighted by Crippen LogP contribution is -2.38. The normalized spacial score (nSPS) is 26.6. The zero-order valence-electron chi connectivity index (χ0n) is 14.7. The Morgan fingerprint density at radius 2 is 2.12 bits per heavy atom. The van der Waals surface area contributed by atoms with Crippen molar-refractivity contribution in [2.24, 2.45) is 5.73 Å². The van der Waals surface area contributed by atoms with Gasteiger partial charge in [-0.25, -0.2) is 9.97 Å². The van der Waals surface area contributed by atoms with Crippen LogP contribution in [0.2, 0.25) is 5.28 Å². The third kappa shape index (κ3) is 3.73. The molecular weight excluding hydrogens is 360 g/mol. The van der Waals surface area contributed by atoms with Crippen LogP contribution in [0.3, 0.4) is 0 Å². The molecule has 1 fully saturated rings. The summed E-state index contributed by atoms with van der Waals surface area (Å²) in [4.78, 5) is 14.5. The number of halogens is 1. The fourth-order valence-electron chi connectivity index (χ4n) is 3.05. The molecule has 142 valence electrons. The van der Waals surface area contributed by atoms with E-state index in [9.17, 15) is 10.2 Å². The van der Waals surface area contributed by atoms with Crippen LogP contribution in [0.5, 0.6) is 0 Å². The van der Waals surface area contributed by atoms with Crippen molar-refractivity contribution in [3.05, 3.63) is 29.5 Å². The molecule has 1 aliphatic heterocycles. The Labute approximate surface area is 156 Å². The zero-order chi connectivity index (χ0) is 18.8. The minimum Gasteiger partial charge on any atom is -0.387 e. The predicted octanol–water partition coefficient (Wildman–Crippen LogP) is -0.146. The van der Waals surface area contributed by atoms with E-state index in [0.29, 0.717) is 36.5 Å². The zero-order valence-corrected chi connectivity index (χ0v) is 15.4. The Morgan fingerprint density at radius 3 is 2.85 bits per heavy atom. The van der Waals surface area contributed by atoms with E-state index in [0.717, 1.165) is 0 Å². The predicted molar refractivity (Wildman–Crippen MR) is 96.7 cm³/mol. The van der Waals surface area contributed by atoms with Crippen molar-refractivity contribution in [2.75, 3.05) is 26.7 Å². The second-order valence-corrected chi connectivity index (χ2v) is 6.71. The molecule has 2 aromatic rings. The number of nitrogens with two attached hydrogens (primary N) is 1. The minimum absolute atomic E-state index is 0.0905. The van der Waals surface area contributed by atoms with Crippen molar-refractivity contribution in [3.63, 3.8) is 0 Å². The number of ether oxygens (including phenoxy) is 1. The molecule has 0 saturated carbocycles. The summed E-state index contributed by atoms with van der Waals surface area (Å²) in [6, 6.07) is 0. The Balaban J connectivity index is 1.79. The lowest BCUT2D eigenvalue weighted by atomic mass is 10.1. The topological polar surface area (TPSA) is 123 Å². The van der Waals surface area contributed by atoms with Crippen LogP contribution < -0.4 is 5.73 Å². The largest absolute Gasteiger partial charge is 0.387 e. The number of likely N-dealkylation sites (N-methyl/N-ethyl adjacent to an activating group) is 1. The molecule has 4 atom stereocenters. The van der Waals surface area contributed by atoms with E-state index in [1.165, 1.54) is 6.33 Å². The van der Waals surface area contributed by atoms with E-state index in [1.54, 1.807) is 11.5 Å². The number of imidazole rings is 1. The molecule has 0 aromatic carbocycles. The number of aromatic nitrogens is 4. The van der Waals surface area contributed by atoms with E-state index < -0.39 is 24.5 Å². The number of aliphatic hydroxyl groups excluding tert-OH is 2. The number of hydrogen-bond donors (Lipinski definition) is 3. The molecule has 0 aliphatic carbocycles. The number of nitrogens with zero attached hydrogens (tertiary/aromatic N) is 5. The first-order valence-electron chi connectivity index (χ1n) is 8.34. The van der Waals surface area contributed by atoms with Gasteiger partial charge in [-0.2, -0.15) is 4.98 Å². The van der Waals surface area contributed by atoms with Crippen molar-refractivity contribution < 1.29 is 14.9 Å². The fraction of sp³-hybridized carbons (Fsp3) is 0.562. The third-order valence-corrected chi connectivity index (χ3v) is 4.56. The highest BCUT2D eigenvalue weighted by Gasteiger charge is 2.44. The molecule has 3 rings (SSSR count). The molecule has 4 N–H and O–H groups in total. The second-order valence-electron chi connectivity index (χ2n) is 6.38. The Morgan fingerprint density at radius 1 is 1.35 bits per heavy atom. The summed E-state index contributed by atoms with van der Waals surface area (Å²) in [7, 11) is 1.90. The van der Waals surface area contributed by atoms with Crippen molar-refractivity contribution in [3.8, 4) is 0 Å². The molecule has 0 unspecified atom stereocenters.